The van der Waals surface area contributed by atoms with Gasteiger partial charge in [0.25, 0.3) is 0 Å². The molecule has 0 spiro atoms. The molecule has 1 N–H and O–H groups in total. The van der Waals surface area contributed by atoms with Gasteiger partial charge in [0.05, 0.1) is 11.4 Å². The number of benzene rings is 1. The van der Waals surface area contributed by atoms with E-state index in [0.29, 0.717) is 17.1 Å². The molecular formula is C13H17ClN2O2S. The molecule has 0 saturated heterocycles. The molecule has 0 fully saturated rings. The highest BCUT2D eigenvalue weighted by Gasteiger charge is 2.23. The molecule has 6 heteroatoms. The van der Waals surface area contributed by atoms with Crippen LogP contribution in [-0.4, -0.2) is 33.4 Å². The first-order valence-electron chi connectivity index (χ1n) is 5.68. The third-order valence-corrected chi connectivity index (χ3v) is 4.95. The fourth-order valence-electron chi connectivity index (χ4n) is 1.73. The molecule has 0 aliphatic rings. The molecule has 19 heavy (non-hydrogen) atoms. The zero-order valence-electron chi connectivity index (χ0n) is 11.2. The minimum Gasteiger partial charge on any atom is -0.316 e. The lowest BCUT2D eigenvalue weighted by Gasteiger charge is -2.18. The number of nitrogens with zero attached hydrogens (tertiary/aromatic N) is 1. The van der Waals surface area contributed by atoms with Crippen LogP contribution in [0.2, 0.25) is 5.02 Å². The van der Waals surface area contributed by atoms with Gasteiger partial charge in [0, 0.05) is 18.6 Å². The van der Waals surface area contributed by atoms with Crippen LogP contribution in [0.4, 0.5) is 0 Å². The smallest absolute Gasteiger partial charge is 0.244 e. The molecule has 0 aliphatic heterocycles. The number of rotatable bonds is 5. The predicted molar refractivity (Wildman–Crippen MR) is 77.6 cm³/mol. The topological polar surface area (TPSA) is 49.4 Å². The molecule has 0 bridgehead atoms. The first kappa shape index (κ1) is 16.0. The Labute approximate surface area is 119 Å². The van der Waals surface area contributed by atoms with Gasteiger partial charge in [0.15, 0.2) is 0 Å². The number of terminal acetylenes is 1. The third-order valence-electron chi connectivity index (χ3n) is 2.80. The van der Waals surface area contributed by atoms with E-state index in [2.05, 4.69) is 11.2 Å². The largest absolute Gasteiger partial charge is 0.316 e. The first-order chi connectivity index (χ1) is 8.84. The molecule has 0 radical (unpaired) electrons. The van der Waals surface area contributed by atoms with Gasteiger partial charge in [0.2, 0.25) is 10.0 Å². The van der Waals surface area contributed by atoms with E-state index in [9.17, 15) is 8.42 Å². The normalized spacial score (nSPS) is 11.6. The highest BCUT2D eigenvalue weighted by molar-refractivity contribution is 7.89. The highest BCUT2D eigenvalue weighted by Crippen LogP contribution is 2.26. The second kappa shape index (κ2) is 6.40. The summed E-state index contributed by atoms with van der Waals surface area (Å²) < 4.78 is 25.9. The summed E-state index contributed by atoms with van der Waals surface area (Å²) in [7, 11) is -0.374. The summed E-state index contributed by atoms with van der Waals surface area (Å²) >= 11 is 5.99. The van der Waals surface area contributed by atoms with E-state index in [1.165, 1.54) is 13.1 Å². The monoisotopic (exact) mass is 300 g/mol. The Morgan fingerprint density at radius 2 is 2.11 bits per heavy atom. The second-order valence-corrected chi connectivity index (χ2v) is 6.63. The summed E-state index contributed by atoms with van der Waals surface area (Å²) in [4.78, 5) is 0.197. The van der Waals surface area contributed by atoms with Crippen LogP contribution in [0.3, 0.4) is 0 Å². The van der Waals surface area contributed by atoms with Gasteiger partial charge < -0.3 is 5.32 Å². The fourth-order valence-corrected chi connectivity index (χ4v) is 3.41. The van der Waals surface area contributed by atoms with E-state index in [1.54, 1.807) is 20.0 Å². The van der Waals surface area contributed by atoms with Gasteiger partial charge in [-0.3, -0.25) is 0 Å². The summed E-state index contributed by atoms with van der Waals surface area (Å²) in [6.45, 7) is 2.34. The number of hydrogen-bond donors (Lipinski definition) is 1. The molecule has 0 saturated carbocycles. The Morgan fingerprint density at radius 1 is 1.47 bits per heavy atom. The van der Waals surface area contributed by atoms with Gasteiger partial charge in [-0.05, 0) is 37.2 Å². The number of hydrogen-bond acceptors (Lipinski definition) is 3. The molecule has 1 aromatic carbocycles. The number of nitrogens with one attached hydrogen (secondary N) is 1. The van der Waals surface area contributed by atoms with E-state index >= 15 is 0 Å². The Kier molecular flexibility index (Phi) is 5.39. The van der Waals surface area contributed by atoms with Gasteiger partial charge >= 0.3 is 0 Å². The lowest BCUT2D eigenvalue weighted by Crippen LogP contribution is -2.28. The average Bonchev–Trinajstić information content (AvgIpc) is 2.33. The van der Waals surface area contributed by atoms with Crippen molar-refractivity contribution in [1.29, 1.82) is 0 Å². The lowest BCUT2D eigenvalue weighted by atomic mass is 10.1. The predicted octanol–water partition coefficient (Wildman–Crippen LogP) is 1.62. The molecule has 0 unspecified atom stereocenters. The van der Waals surface area contributed by atoms with Crippen molar-refractivity contribution in [1.82, 2.24) is 9.62 Å². The standard InChI is InChI=1S/C13H17ClN2O2S/c1-5-6-16(4)19(17,18)13-8-12(14)7-11(9-15-3)10(13)2/h1,7-8,15H,6,9H2,2-4H3. The summed E-state index contributed by atoms with van der Waals surface area (Å²) in [5.74, 6) is 2.32. The van der Waals surface area contributed by atoms with Crippen molar-refractivity contribution in [3.8, 4) is 12.3 Å². The molecule has 0 aliphatic carbocycles. The molecular weight excluding hydrogens is 284 g/mol. The molecule has 4 nitrogen and oxygen atoms in total. The van der Waals surface area contributed by atoms with E-state index in [4.69, 9.17) is 18.0 Å². The minimum absolute atomic E-state index is 0.0235. The van der Waals surface area contributed by atoms with Crippen molar-refractivity contribution >= 4 is 21.6 Å². The second-order valence-electron chi connectivity index (χ2n) is 4.18. The van der Waals surface area contributed by atoms with Gasteiger partial charge in [-0.25, -0.2) is 8.42 Å². The summed E-state index contributed by atoms with van der Waals surface area (Å²) in [6, 6.07) is 3.21. The van der Waals surface area contributed by atoms with Gasteiger partial charge in [-0.15, -0.1) is 6.42 Å². The van der Waals surface area contributed by atoms with Crippen LogP contribution in [0.5, 0.6) is 0 Å². The summed E-state index contributed by atoms with van der Waals surface area (Å²) in [6.07, 6.45) is 5.16. The van der Waals surface area contributed by atoms with Crippen LogP contribution in [0, 0.1) is 19.3 Å². The van der Waals surface area contributed by atoms with Crippen molar-refractivity contribution in [2.45, 2.75) is 18.4 Å². The van der Waals surface area contributed by atoms with Gasteiger partial charge in [-0.1, -0.05) is 17.5 Å². The van der Waals surface area contributed by atoms with Crippen molar-refractivity contribution < 1.29 is 8.42 Å². The maximum Gasteiger partial charge on any atom is 0.244 e. The molecule has 0 atom stereocenters. The molecule has 1 aromatic rings. The van der Waals surface area contributed by atoms with Crippen LogP contribution >= 0.6 is 11.6 Å². The minimum atomic E-state index is -3.62. The van der Waals surface area contributed by atoms with Crippen LogP contribution in [0.25, 0.3) is 0 Å². The third kappa shape index (κ3) is 3.48. The number of halogens is 1. The highest BCUT2D eigenvalue weighted by atomic mass is 35.5. The maximum atomic E-state index is 12.4. The van der Waals surface area contributed by atoms with Crippen molar-refractivity contribution in [3.05, 3.63) is 28.3 Å². The van der Waals surface area contributed by atoms with Crippen LogP contribution in [0.1, 0.15) is 11.1 Å². The summed E-state index contributed by atoms with van der Waals surface area (Å²) in [5.41, 5.74) is 1.53. The molecule has 0 aromatic heterocycles. The molecule has 0 heterocycles. The van der Waals surface area contributed by atoms with Crippen molar-refractivity contribution in [2.75, 3.05) is 20.6 Å². The SMILES string of the molecule is C#CCN(C)S(=O)(=O)c1cc(Cl)cc(CNC)c1C. The quantitative estimate of drug-likeness (QED) is 0.841. The van der Waals surface area contributed by atoms with Crippen molar-refractivity contribution in [2.24, 2.45) is 0 Å². The fraction of sp³-hybridized carbons (Fsp3) is 0.385. The van der Waals surface area contributed by atoms with Crippen LogP contribution < -0.4 is 5.32 Å². The molecule has 104 valence electrons. The zero-order valence-corrected chi connectivity index (χ0v) is 12.8. The Balaban J connectivity index is 3.39. The zero-order chi connectivity index (χ0) is 14.6. The molecule has 1 rings (SSSR count). The van der Waals surface area contributed by atoms with E-state index in [-0.39, 0.29) is 11.4 Å². The first-order valence-corrected chi connectivity index (χ1v) is 7.49. The Hall–Kier alpha value is -1.06. The van der Waals surface area contributed by atoms with E-state index in [0.717, 1.165) is 9.87 Å². The van der Waals surface area contributed by atoms with E-state index in [1.807, 2.05) is 0 Å². The van der Waals surface area contributed by atoms with Crippen LogP contribution in [-0.2, 0) is 16.6 Å². The van der Waals surface area contributed by atoms with E-state index < -0.39 is 10.0 Å². The number of sulfonamides is 1. The van der Waals surface area contributed by atoms with Crippen LogP contribution in [0.15, 0.2) is 17.0 Å². The Bertz CT molecular complexity index is 606. The van der Waals surface area contributed by atoms with Gasteiger partial charge in [0.1, 0.15) is 0 Å². The maximum absolute atomic E-state index is 12.4. The lowest BCUT2D eigenvalue weighted by molar-refractivity contribution is 0.502. The van der Waals surface area contributed by atoms with Gasteiger partial charge in [-0.2, -0.15) is 4.31 Å². The average molecular weight is 301 g/mol. The Morgan fingerprint density at radius 3 is 2.63 bits per heavy atom. The summed E-state index contributed by atoms with van der Waals surface area (Å²) in [5, 5.41) is 3.38. The molecule has 0 amide bonds. The van der Waals surface area contributed by atoms with Crippen molar-refractivity contribution in [3.63, 3.8) is 0 Å².